The lowest BCUT2D eigenvalue weighted by atomic mass is 10.1. The fourth-order valence-corrected chi connectivity index (χ4v) is 3.50. The highest BCUT2D eigenvalue weighted by Crippen LogP contribution is 2.34. The molecule has 0 radical (unpaired) electrons. The molecular weight excluding hydrogens is 326 g/mol. The van der Waals surface area contributed by atoms with Crippen molar-refractivity contribution < 1.29 is 9.32 Å². The van der Waals surface area contributed by atoms with Gasteiger partial charge in [-0.3, -0.25) is 4.79 Å². The quantitative estimate of drug-likeness (QED) is 0.709. The summed E-state index contributed by atoms with van der Waals surface area (Å²) in [5, 5.41) is 4.15. The smallest absolute Gasteiger partial charge is 0.249 e. The van der Waals surface area contributed by atoms with E-state index in [0.717, 1.165) is 16.7 Å². The lowest BCUT2D eigenvalue weighted by molar-refractivity contribution is -0.129. The average Bonchev–Trinajstić information content (AvgIpc) is 3.23. The molecule has 1 fully saturated rings. The first-order chi connectivity index (χ1) is 12.6. The summed E-state index contributed by atoms with van der Waals surface area (Å²) in [5.74, 6) is 1.22. The van der Waals surface area contributed by atoms with E-state index in [1.165, 1.54) is 5.56 Å². The molecule has 0 saturated carbocycles. The highest BCUT2D eigenvalue weighted by molar-refractivity contribution is 5.78. The number of carbonyl (C=O) groups is 1. The lowest BCUT2D eigenvalue weighted by Gasteiger charge is -2.22. The van der Waals surface area contributed by atoms with E-state index in [9.17, 15) is 4.79 Å². The van der Waals surface area contributed by atoms with Crippen LogP contribution in [0, 0.1) is 13.8 Å². The third-order valence-electron chi connectivity index (χ3n) is 4.88. The molecule has 1 atom stereocenters. The van der Waals surface area contributed by atoms with Crippen LogP contribution in [0.1, 0.15) is 41.5 Å². The minimum Gasteiger partial charge on any atom is -0.337 e. The number of carbonyl (C=O) groups excluding carboxylic acids is 1. The molecule has 1 amide bonds. The number of benzene rings is 2. The van der Waals surface area contributed by atoms with Crippen molar-refractivity contribution in [2.75, 3.05) is 0 Å². The van der Waals surface area contributed by atoms with Gasteiger partial charge in [0.05, 0.1) is 0 Å². The van der Waals surface area contributed by atoms with E-state index in [2.05, 4.69) is 29.2 Å². The third kappa shape index (κ3) is 3.12. The van der Waals surface area contributed by atoms with Crippen molar-refractivity contribution >= 4 is 5.91 Å². The van der Waals surface area contributed by atoms with Crippen LogP contribution < -0.4 is 0 Å². The largest absolute Gasteiger partial charge is 0.337 e. The number of aromatic nitrogens is 2. The molecule has 0 N–H and O–H groups in total. The number of amides is 1. The van der Waals surface area contributed by atoms with Crippen LogP contribution in [0.25, 0.3) is 11.4 Å². The van der Waals surface area contributed by atoms with Crippen LogP contribution >= 0.6 is 0 Å². The summed E-state index contributed by atoms with van der Waals surface area (Å²) in [6.45, 7) is 4.64. The minimum absolute atomic E-state index is 0.132. The Morgan fingerprint density at radius 2 is 2.00 bits per heavy atom. The second kappa shape index (κ2) is 6.75. The number of hydrogen-bond donors (Lipinski definition) is 0. The second-order valence-electron chi connectivity index (χ2n) is 6.84. The van der Waals surface area contributed by atoms with Crippen LogP contribution in [0.2, 0.25) is 0 Å². The van der Waals surface area contributed by atoms with Crippen molar-refractivity contribution in [1.29, 1.82) is 0 Å². The molecule has 26 heavy (non-hydrogen) atoms. The van der Waals surface area contributed by atoms with E-state index in [1.807, 2.05) is 48.2 Å². The van der Waals surface area contributed by atoms with Crippen molar-refractivity contribution in [1.82, 2.24) is 15.0 Å². The molecule has 1 unspecified atom stereocenters. The number of rotatable bonds is 4. The molecule has 0 aliphatic carbocycles. The van der Waals surface area contributed by atoms with Gasteiger partial charge in [0.1, 0.15) is 6.04 Å². The van der Waals surface area contributed by atoms with Crippen molar-refractivity contribution in [2.45, 2.75) is 39.3 Å². The first kappa shape index (κ1) is 16.5. The zero-order valence-electron chi connectivity index (χ0n) is 15.0. The Morgan fingerprint density at radius 3 is 2.81 bits per heavy atom. The standard InChI is InChI=1S/C21H21N3O2/c1-14-6-5-8-16(12-14)13-24-18(10-11-19(24)25)21-22-20(23-26-21)17-9-4-3-7-15(17)2/h3-9,12,18H,10-11,13H2,1-2H3. The van der Waals surface area contributed by atoms with Crippen LogP contribution in [0.4, 0.5) is 0 Å². The van der Waals surface area contributed by atoms with E-state index in [0.29, 0.717) is 31.1 Å². The van der Waals surface area contributed by atoms with Crippen LogP contribution in [0.5, 0.6) is 0 Å². The van der Waals surface area contributed by atoms with Gasteiger partial charge in [0, 0.05) is 18.5 Å². The van der Waals surface area contributed by atoms with Crippen molar-refractivity contribution in [3.8, 4) is 11.4 Å². The Kier molecular flexibility index (Phi) is 4.29. The summed E-state index contributed by atoms with van der Waals surface area (Å²) in [6, 6.07) is 16.0. The zero-order valence-corrected chi connectivity index (χ0v) is 15.0. The summed E-state index contributed by atoms with van der Waals surface area (Å²) in [4.78, 5) is 18.9. The maximum Gasteiger partial charge on any atom is 0.249 e. The molecule has 5 heteroatoms. The van der Waals surface area contributed by atoms with Gasteiger partial charge in [0.2, 0.25) is 17.6 Å². The number of likely N-dealkylation sites (tertiary alicyclic amines) is 1. The highest BCUT2D eigenvalue weighted by Gasteiger charge is 2.36. The number of aryl methyl sites for hydroxylation is 2. The maximum atomic E-state index is 12.4. The summed E-state index contributed by atoms with van der Waals surface area (Å²) >= 11 is 0. The van der Waals surface area contributed by atoms with E-state index in [4.69, 9.17) is 4.52 Å². The molecule has 1 aliphatic heterocycles. The van der Waals surface area contributed by atoms with E-state index < -0.39 is 0 Å². The molecule has 4 rings (SSSR count). The Bertz CT molecular complexity index is 948. The summed E-state index contributed by atoms with van der Waals surface area (Å²) in [7, 11) is 0. The predicted octanol–water partition coefficient (Wildman–Crippen LogP) is 4.22. The second-order valence-corrected chi connectivity index (χ2v) is 6.84. The fourth-order valence-electron chi connectivity index (χ4n) is 3.50. The number of nitrogens with zero attached hydrogens (tertiary/aromatic N) is 3. The van der Waals surface area contributed by atoms with Crippen LogP contribution in [0.3, 0.4) is 0 Å². The van der Waals surface area contributed by atoms with Gasteiger partial charge in [-0.15, -0.1) is 0 Å². The maximum absolute atomic E-state index is 12.4. The van der Waals surface area contributed by atoms with Crippen LogP contribution in [-0.4, -0.2) is 20.9 Å². The minimum atomic E-state index is -0.159. The van der Waals surface area contributed by atoms with Gasteiger partial charge >= 0.3 is 0 Å². The Balaban J connectivity index is 1.60. The van der Waals surface area contributed by atoms with Crippen LogP contribution in [0.15, 0.2) is 53.1 Å². The van der Waals surface area contributed by atoms with Crippen molar-refractivity contribution in [2.24, 2.45) is 0 Å². The molecular formula is C21H21N3O2. The van der Waals surface area contributed by atoms with Gasteiger partial charge in [0.15, 0.2) is 0 Å². The molecule has 132 valence electrons. The van der Waals surface area contributed by atoms with Crippen molar-refractivity contribution in [3.63, 3.8) is 0 Å². The predicted molar refractivity (Wildman–Crippen MR) is 98.2 cm³/mol. The highest BCUT2D eigenvalue weighted by atomic mass is 16.5. The molecule has 2 heterocycles. The zero-order chi connectivity index (χ0) is 18.1. The molecule has 5 nitrogen and oxygen atoms in total. The van der Waals surface area contributed by atoms with Gasteiger partial charge < -0.3 is 9.42 Å². The Morgan fingerprint density at radius 1 is 1.15 bits per heavy atom. The molecule has 1 aliphatic rings. The first-order valence-electron chi connectivity index (χ1n) is 8.86. The molecule has 1 saturated heterocycles. The number of hydrogen-bond acceptors (Lipinski definition) is 4. The Labute approximate surface area is 152 Å². The molecule has 2 aromatic carbocycles. The van der Waals surface area contributed by atoms with Crippen molar-refractivity contribution in [3.05, 3.63) is 71.1 Å². The third-order valence-corrected chi connectivity index (χ3v) is 4.88. The van der Waals surface area contributed by atoms with Gasteiger partial charge in [-0.05, 0) is 31.4 Å². The van der Waals surface area contributed by atoms with Gasteiger partial charge in [-0.1, -0.05) is 59.3 Å². The summed E-state index contributed by atoms with van der Waals surface area (Å²) in [6.07, 6.45) is 1.22. The normalized spacial score (nSPS) is 17.1. The average molecular weight is 347 g/mol. The molecule has 3 aromatic rings. The van der Waals surface area contributed by atoms with Gasteiger partial charge in [-0.25, -0.2) is 0 Å². The molecule has 0 spiro atoms. The molecule has 0 bridgehead atoms. The first-order valence-corrected chi connectivity index (χ1v) is 8.86. The van der Waals surface area contributed by atoms with Crippen LogP contribution in [-0.2, 0) is 11.3 Å². The van der Waals surface area contributed by atoms with E-state index in [-0.39, 0.29) is 11.9 Å². The summed E-state index contributed by atoms with van der Waals surface area (Å²) in [5.41, 5.74) is 4.35. The lowest BCUT2D eigenvalue weighted by Crippen LogP contribution is -2.27. The van der Waals surface area contributed by atoms with Gasteiger partial charge in [-0.2, -0.15) is 4.98 Å². The fraction of sp³-hybridized carbons (Fsp3) is 0.286. The van der Waals surface area contributed by atoms with E-state index in [1.54, 1.807) is 0 Å². The SMILES string of the molecule is Cc1cccc(CN2C(=O)CCC2c2nc(-c3ccccc3C)no2)c1. The van der Waals surface area contributed by atoms with Gasteiger partial charge in [0.25, 0.3) is 0 Å². The summed E-state index contributed by atoms with van der Waals surface area (Å²) < 4.78 is 5.54. The topological polar surface area (TPSA) is 59.2 Å². The monoisotopic (exact) mass is 347 g/mol. The molecule has 1 aromatic heterocycles. The van der Waals surface area contributed by atoms with E-state index >= 15 is 0 Å². The Hall–Kier alpha value is -2.95.